The summed E-state index contributed by atoms with van der Waals surface area (Å²) in [5.74, 6) is 1.15. The lowest BCUT2D eigenvalue weighted by molar-refractivity contribution is -0.130. The molecular weight excluding hydrogens is 416 g/mol. The Morgan fingerprint density at radius 2 is 1.71 bits per heavy atom. The average Bonchev–Trinajstić information content (AvgIpc) is 2.77. The highest BCUT2D eigenvalue weighted by atomic mass is 32.2. The first-order valence-corrected chi connectivity index (χ1v) is 11.8. The van der Waals surface area contributed by atoms with Crippen molar-refractivity contribution < 1.29 is 22.7 Å². The zero-order valence-electron chi connectivity index (χ0n) is 18.5. The Balaban J connectivity index is 2.04. The predicted octanol–water partition coefficient (Wildman–Crippen LogP) is 3.47. The summed E-state index contributed by atoms with van der Waals surface area (Å²) in [6, 6.07) is 11.5. The number of amides is 1. The zero-order valence-corrected chi connectivity index (χ0v) is 19.3. The van der Waals surface area contributed by atoms with Gasteiger partial charge in [-0.3, -0.25) is 9.10 Å². The third-order valence-electron chi connectivity index (χ3n) is 5.68. The third-order valence-corrected chi connectivity index (χ3v) is 7.45. The molecule has 1 heterocycles. The van der Waals surface area contributed by atoms with E-state index in [1.165, 1.54) is 14.2 Å². The highest BCUT2D eigenvalue weighted by Crippen LogP contribution is 2.36. The smallest absolute Gasteiger partial charge is 0.264 e. The molecular formula is C23H30N2O5S. The van der Waals surface area contributed by atoms with Crippen LogP contribution in [0.15, 0.2) is 47.4 Å². The van der Waals surface area contributed by atoms with Crippen LogP contribution in [-0.2, 0) is 14.8 Å². The second kappa shape index (κ2) is 9.60. The molecule has 168 valence electrons. The van der Waals surface area contributed by atoms with Crippen molar-refractivity contribution >= 4 is 21.6 Å². The predicted molar refractivity (Wildman–Crippen MR) is 120 cm³/mol. The molecule has 0 spiro atoms. The third kappa shape index (κ3) is 5.12. The minimum Gasteiger partial charge on any atom is -0.497 e. The SMILES string of the molecule is COc1ccc(OC)c(N(CC(=O)N2CCC(C)CC2)S(=O)(=O)c2ccc(C)cc2)c1. The fourth-order valence-corrected chi connectivity index (χ4v) is 5.03. The van der Waals surface area contributed by atoms with E-state index in [4.69, 9.17) is 9.47 Å². The first-order valence-electron chi connectivity index (χ1n) is 10.4. The summed E-state index contributed by atoms with van der Waals surface area (Å²) >= 11 is 0. The Hall–Kier alpha value is -2.74. The number of benzene rings is 2. The van der Waals surface area contributed by atoms with Gasteiger partial charge in [0.05, 0.1) is 24.8 Å². The number of piperidine rings is 1. The molecule has 2 aromatic rings. The molecule has 1 aliphatic rings. The average molecular weight is 447 g/mol. The molecule has 1 saturated heterocycles. The number of carbonyl (C=O) groups is 1. The normalized spacial score (nSPS) is 14.9. The van der Waals surface area contributed by atoms with E-state index >= 15 is 0 Å². The van der Waals surface area contributed by atoms with E-state index in [9.17, 15) is 13.2 Å². The molecule has 0 N–H and O–H groups in total. The number of rotatable bonds is 7. The molecule has 0 bridgehead atoms. The van der Waals surface area contributed by atoms with E-state index in [0.29, 0.717) is 30.5 Å². The van der Waals surface area contributed by atoms with Crippen molar-refractivity contribution in [2.24, 2.45) is 5.92 Å². The van der Waals surface area contributed by atoms with Crippen molar-refractivity contribution in [2.45, 2.75) is 31.6 Å². The van der Waals surface area contributed by atoms with Crippen molar-refractivity contribution in [2.75, 3.05) is 38.2 Å². The number of carbonyl (C=O) groups excluding carboxylic acids is 1. The van der Waals surface area contributed by atoms with Gasteiger partial charge in [0.1, 0.15) is 18.0 Å². The quantitative estimate of drug-likeness (QED) is 0.651. The molecule has 1 amide bonds. The van der Waals surface area contributed by atoms with Gasteiger partial charge in [-0.25, -0.2) is 8.42 Å². The van der Waals surface area contributed by atoms with Crippen molar-refractivity contribution in [1.82, 2.24) is 4.90 Å². The molecule has 8 heteroatoms. The molecule has 0 atom stereocenters. The standard InChI is InChI=1S/C23H30N2O5S/c1-17-5-8-20(9-6-17)31(27,28)25(16-23(26)24-13-11-18(2)12-14-24)21-15-19(29-3)7-10-22(21)30-4/h5-10,15,18H,11-14,16H2,1-4H3. The number of aryl methyl sites for hydroxylation is 1. The summed E-state index contributed by atoms with van der Waals surface area (Å²) in [7, 11) is -1.05. The van der Waals surface area contributed by atoms with E-state index in [-0.39, 0.29) is 23.0 Å². The van der Waals surface area contributed by atoms with Crippen molar-refractivity contribution in [1.29, 1.82) is 0 Å². The molecule has 0 radical (unpaired) electrons. The second-order valence-corrected chi connectivity index (χ2v) is 9.79. The van der Waals surface area contributed by atoms with Crippen molar-refractivity contribution in [3.63, 3.8) is 0 Å². The maximum Gasteiger partial charge on any atom is 0.264 e. The summed E-state index contributed by atoms with van der Waals surface area (Å²) in [4.78, 5) is 15.0. The molecule has 0 aromatic heterocycles. The van der Waals surface area contributed by atoms with Crippen molar-refractivity contribution in [3.8, 4) is 11.5 Å². The Morgan fingerprint density at radius 3 is 2.29 bits per heavy atom. The molecule has 0 aliphatic carbocycles. The molecule has 3 rings (SSSR count). The summed E-state index contributed by atoms with van der Waals surface area (Å²) in [5.41, 5.74) is 1.21. The van der Waals surface area contributed by atoms with Gasteiger partial charge in [-0.15, -0.1) is 0 Å². The van der Waals surface area contributed by atoms with Crippen LogP contribution < -0.4 is 13.8 Å². The topological polar surface area (TPSA) is 76.2 Å². The number of likely N-dealkylation sites (tertiary alicyclic amines) is 1. The maximum absolute atomic E-state index is 13.6. The Kier molecular flexibility index (Phi) is 7.10. The minimum absolute atomic E-state index is 0.114. The van der Waals surface area contributed by atoms with Crippen molar-refractivity contribution in [3.05, 3.63) is 48.0 Å². The monoisotopic (exact) mass is 446 g/mol. The summed E-state index contributed by atoms with van der Waals surface area (Å²) < 4.78 is 39.1. The Morgan fingerprint density at radius 1 is 1.06 bits per heavy atom. The summed E-state index contributed by atoms with van der Waals surface area (Å²) in [6.45, 7) is 5.01. The van der Waals surface area contributed by atoms with Crippen LogP contribution in [0.4, 0.5) is 5.69 Å². The summed E-state index contributed by atoms with van der Waals surface area (Å²) in [5, 5.41) is 0. The van der Waals surface area contributed by atoms with Gasteiger partial charge in [0, 0.05) is 19.2 Å². The Bertz CT molecular complexity index is 1010. The summed E-state index contributed by atoms with van der Waals surface area (Å²) in [6.07, 6.45) is 1.83. The van der Waals surface area contributed by atoms with Crippen LogP contribution in [0.2, 0.25) is 0 Å². The van der Waals surface area contributed by atoms with E-state index in [1.54, 1.807) is 47.4 Å². The van der Waals surface area contributed by atoms with Crippen LogP contribution in [-0.4, -0.2) is 53.1 Å². The van der Waals surface area contributed by atoms with Crippen LogP contribution in [0.25, 0.3) is 0 Å². The highest BCUT2D eigenvalue weighted by Gasteiger charge is 2.32. The van der Waals surface area contributed by atoms with E-state index in [0.717, 1.165) is 22.7 Å². The highest BCUT2D eigenvalue weighted by molar-refractivity contribution is 7.92. The van der Waals surface area contributed by atoms with Gasteiger partial charge in [-0.1, -0.05) is 24.6 Å². The first-order chi connectivity index (χ1) is 14.8. The molecule has 2 aromatic carbocycles. The van der Waals surface area contributed by atoms with Gasteiger partial charge < -0.3 is 14.4 Å². The first kappa shape index (κ1) is 22.9. The number of sulfonamides is 1. The maximum atomic E-state index is 13.6. The van der Waals surface area contributed by atoms with Gasteiger partial charge in [0.25, 0.3) is 10.0 Å². The van der Waals surface area contributed by atoms with Gasteiger partial charge >= 0.3 is 0 Å². The van der Waals surface area contributed by atoms with E-state index in [1.807, 2.05) is 6.92 Å². The van der Waals surface area contributed by atoms with Crippen LogP contribution in [0.5, 0.6) is 11.5 Å². The molecule has 7 nitrogen and oxygen atoms in total. The fourth-order valence-electron chi connectivity index (χ4n) is 3.61. The minimum atomic E-state index is -4.02. The molecule has 1 fully saturated rings. The molecule has 0 saturated carbocycles. The number of hydrogen-bond donors (Lipinski definition) is 0. The second-order valence-electron chi connectivity index (χ2n) is 7.93. The van der Waals surface area contributed by atoms with Gasteiger partial charge in [-0.05, 0) is 49.9 Å². The zero-order chi connectivity index (χ0) is 22.6. The lowest BCUT2D eigenvalue weighted by atomic mass is 9.99. The largest absolute Gasteiger partial charge is 0.497 e. The molecule has 1 aliphatic heterocycles. The van der Waals surface area contributed by atoms with Crippen LogP contribution >= 0.6 is 0 Å². The number of ether oxygens (including phenoxy) is 2. The lowest BCUT2D eigenvalue weighted by Crippen LogP contribution is -2.45. The molecule has 0 unspecified atom stereocenters. The van der Waals surface area contributed by atoms with E-state index < -0.39 is 10.0 Å². The molecule has 31 heavy (non-hydrogen) atoms. The van der Waals surface area contributed by atoms with Crippen LogP contribution in [0.3, 0.4) is 0 Å². The number of nitrogens with zero attached hydrogens (tertiary/aromatic N) is 2. The van der Waals surface area contributed by atoms with Gasteiger partial charge in [0.2, 0.25) is 5.91 Å². The van der Waals surface area contributed by atoms with Gasteiger partial charge in [-0.2, -0.15) is 0 Å². The number of hydrogen-bond acceptors (Lipinski definition) is 5. The Labute approximate surface area is 184 Å². The van der Waals surface area contributed by atoms with Gasteiger partial charge in [0.15, 0.2) is 0 Å². The van der Waals surface area contributed by atoms with Crippen LogP contribution in [0, 0.1) is 12.8 Å². The fraction of sp³-hybridized carbons (Fsp3) is 0.435. The number of methoxy groups -OCH3 is 2. The lowest BCUT2D eigenvalue weighted by Gasteiger charge is -2.33. The van der Waals surface area contributed by atoms with Crippen LogP contribution in [0.1, 0.15) is 25.3 Å². The van der Waals surface area contributed by atoms with E-state index in [2.05, 4.69) is 6.92 Å². The number of anilines is 1.